The van der Waals surface area contributed by atoms with Crippen LogP contribution >= 0.6 is 0 Å². The van der Waals surface area contributed by atoms with Gasteiger partial charge in [-0.05, 0) is 18.1 Å². The van der Waals surface area contributed by atoms with Crippen LogP contribution in [0.15, 0.2) is 60.7 Å². The molecule has 0 spiro atoms. The maximum absolute atomic E-state index is 11.5. The molecule has 3 heteroatoms. The first kappa shape index (κ1) is 13.3. The summed E-state index contributed by atoms with van der Waals surface area (Å²) in [7, 11) is 0. The van der Waals surface area contributed by atoms with Crippen molar-refractivity contribution >= 4 is 5.97 Å². The maximum Gasteiger partial charge on any atom is 0.340 e. The molecule has 98 valence electrons. The highest BCUT2D eigenvalue weighted by molar-refractivity contribution is 5.78. The lowest BCUT2D eigenvalue weighted by Crippen LogP contribution is -2.35. The van der Waals surface area contributed by atoms with E-state index in [4.69, 9.17) is 4.74 Å². The maximum atomic E-state index is 11.5. The second-order valence-corrected chi connectivity index (χ2v) is 4.48. The summed E-state index contributed by atoms with van der Waals surface area (Å²) in [6.45, 7) is 1.84. The number of ether oxygens (including phenoxy) is 1. The van der Waals surface area contributed by atoms with E-state index in [0.29, 0.717) is 5.56 Å². The third kappa shape index (κ3) is 3.01. The van der Waals surface area contributed by atoms with Gasteiger partial charge in [0.15, 0.2) is 5.60 Å². The van der Waals surface area contributed by atoms with E-state index in [2.05, 4.69) is 0 Å². The van der Waals surface area contributed by atoms with E-state index in [1.807, 2.05) is 48.5 Å². The monoisotopic (exact) mass is 256 g/mol. The van der Waals surface area contributed by atoms with Gasteiger partial charge in [-0.1, -0.05) is 60.7 Å². The van der Waals surface area contributed by atoms with Gasteiger partial charge in [0.2, 0.25) is 0 Å². The molecule has 2 rings (SSSR count). The van der Waals surface area contributed by atoms with Crippen molar-refractivity contribution in [2.45, 2.75) is 19.1 Å². The summed E-state index contributed by atoms with van der Waals surface area (Å²) in [5, 5.41) is 9.44. The van der Waals surface area contributed by atoms with E-state index in [-0.39, 0.29) is 6.61 Å². The minimum Gasteiger partial charge on any atom is -0.479 e. The van der Waals surface area contributed by atoms with Crippen LogP contribution in [-0.4, -0.2) is 11.1 Å². The molecular weight excluding hydrogens is 240 g/mol. The Labute approximate surface area is 112 Å². The Bertz CT molecular complexity index is 536. The van der Waals surface area contributed by atoms with Crippen molar-refractivity contribution in [1.29, 1.82) is 0 Å². The highest BCUT2D eigenvalue weighted by Gasteiger charge is 2.36. The van der Waals surface area contributed by atoms with Crippen LogP contribution in [-0.2, 0) is 21.7 Å². The largest absolute Gasteiger partial charge is 0.479 e. The average Bonchev–Trinajstić information content (AvgIpc) is 2.46. The Hall–Kier alpha value is -2.13. The Morgan fingerprint density at radius 1 is 1.05 bits per heavy atom. The topological polar surface area (TPSA) is 46.5 Å². The van der Waals surface area contributed by atoms with E-state index >= 15 is 0 Å². The molecule has 0 aliphatic heterocycles. The first-order valence-corrected chi connectivity index (χ1v) is 6.10. The third-order valence-electron chi connectivity index (χ3n) is 3.10. The van der Waals surface area contributed by atoms with Crippen LogP contribution < -0.4 is 0 Å². The smallest absolute Gasteiger partial charge is 0.340 e. The van der Waals surface area contributed by atoms with Crippen LogP contribution in [0.25, 0.3) is 0 Å². The quantitative estimate of drug-likeness (QED) is 0.893. The normalized spacial score (nSPS) is 13.7. The van der Waals surface area contributed by atoms with Gasteiger partial charge < -0.3 is 9.84 Å². The van der Waals surface area contributed by atoms with E-state index < -0.39 is 11.6 Å². The van der Waals surface area contributed by atoms with Gasteiger partial charge in [-0.25, -0.2) is 4.79 Å². The predicted octanol–water partition coefficient (Wildman–Crippen LogP) is 3.20. The summed E-state index contributed by atoms with van der Waals surface area (Å²) in [5.41, 5.74) is 0.251. The molecule has 0 saturated carbocycles. The van der Waals surface area contributed by atoms with E-state index in [0.717, 1.165) is 5.56 Å². The van der Waals surface area contributed by atoms with Gasteiger partial charge in [0.1, 0.15) is 0 Å². The van der Waals surface area contributed by atoms with Crippen molar-refractivity contribution < 1.29 is 14.6 Å². The lowest BCUT2D eigenvalue weighted by atomic mass is 9.96. The van der Waals surface area contributed by atoms with Crippen LogP contribution in [0.1, 0.15) is 18.1 Å². The Balaban J connectivity index is 2.19. The standard InChI is InChI=1S/C16H16O3/c1-16(15(17)18,14-10-6-3-7-11-14)19-12-13-8-4-2-5-9-13/h2-11H,12H2,1H3,(H,17,18). The SMILES string of the molecule is CC(OCc1ccccc1)(C(=O)O)c1ccccc1. The molecule has 1 atom stereocenters. The molecule has 2 aromatic carbocycles. The van der Waals surface area contributed by atoms with E-state index in [9.17, 15) is 9.90 Å². The van der Waals surface area contributed by atoms with Crippen molar-refractivity contribution in [3.05, 3.63) is 71.8 Å². The number of hydrogen-bond acceptors (Lipinski definition) is 2. The molecule has 0 radical (unpaired) electrons. The third-order valence-corrected chi connectivity index (χ3v) is 3.10. The van der Waals surface area contributed by atoms with E-state index in [1.165, 1.54) is 0 Å². The molecular formula is C16H16O3. The molecule has 1 unspecified atom stereocenters. The molecule has 0 saturated heterocycles. The molecule has 0 amide bonds. The Morgan fingerprint density at radius 3 is 2.11 bits per heavy atom. The number of aliphatic carboxylic acids is 1. The fourth-order valence-electron chi connectivity index (χ4n) is 1.83. The minimum absolute atomic E-state index is 0.262. The molecule has 0 aliphatic carbocycles. The molecule has 2 aromatic rings. The van der Waals surface area contributed by atoms with Gasteiger partial charge >= 0.3 is 5.97 Å². The zero-order valence-corrected chi connectivity index (χ0v) is 10.7. The molecule has 3 nitrogen and oxygen atoms in total. The second-order valence-electron chi connectivity index (χ2n) is 4.48. The van der Waals surface area contributed by atoms with Crippen LogP contribution in [0, 0.1) is 0 Å². The number of carboxylic acid groups (broad SMARTS) is 1. The van der Waals surface area contributed by atoms with Crippen molar-refractivity contribution in [3.63, 3.8) is 0 Å². The van der Waals surface area contributed by atoms with Gasteiger partial charge in [-0.3, -0.25) is 0 Å². The Kier molecular flexibility index (Phi) is 3.97. The number of rotatable bonds is 5. The zero-order chi connectivity index (χ0) is 13.7. The first-order chi connectivity index (χ1) is 9.13. The van der Waals surface area contributed by atoms with Crippen molar-refractivity contribution in [3.8, 4) is 0 Å². The number of carboxylic acids is 1. The fraction of sp³-hybridized carbons (Fsp3) is 0.188. The highest BCUT2D eigenvalue weighted by Crippen LogP contribution is 2.26. The molecule has 0 bridgehead atoms. The lowest BCUT2D eigenvalue weighted by Gasteiger charge is -2.25. The van der Waals surface area contributed by atoms with Gasteiger partial charge in [-0.2, -0.15) is 0 Å². The lowest BCUT2D eigenvalue weighted by molar-refractivity contribution is -0.167. The number of hydrogen-bond donors (Lipinski definition) is 1. The summed E-state index contributed by atoms with van der Waals surface area (Å²) in [6.07, 6.45) is 0. The van der Waals surface area contributed by atoms with Crippen molar-refractivity contribution in [2.75, 3.05) is 0 Å². The molecule has 1 N–H and O–H groups in total. The van der Waals surface area contributed by atoms with Crippen molar-refractivity contribution in [2.24, 2.45) is 0 Å². The minimum atomic E-state index is -1.34. The zero-order valence-electron chi connectivity index (χ0n) is 10.7. The van der Waals surface area contributed by atoms with Crippen molar-refractivity contribution in [1.82, 2.24) is 0 Å². The average molecular weight is 256 g/mol. The number of benzene rings is 2. The summed E-state index contributed by atoms with van der Waals surface area (Å²) in [5.74, 6) is -0.991. The van der Waals surface area contributed by atoms with Gasteiger partial charge in [0, 0.05) is 0 Å². The first-order valence-electron chi connectivity index (χ1n) is 6.10. The molecule has 0 fully saturated rings. The summed E-state index contributed by atoms with van der Waals surface area (Å²) >= 11 is 0. The molecule has 0 aromatic heterocycles. The Morgan fingerprint density at radius 2 is 1.58 bits per heavy atom. The summed E-state index contributed by atoms with van der Waals surface area (Å²) < 4.78 is 5.66. The van der Waals surface area contributed by atoms with Gasteiger partial charge in [-0.15, -0.1) is 0 Å². The van der Waals surface area contributed by atoms with Crippen LogP contribution in [0.2, 0.25) is 0 Å². The summed E-state index contributed by atoms with van der Waals surface area (Å²) in [4.78, 5) is 11.5. The fourth-order valence-corrected chi connectivity index (χ4v) is 1.83. The van der Waals surface area contributed by atoms with Gasteiger partial charge in [0.25, 0.3) is 0 Å². The van der Waals surface area contributed by atoms with Crippen LogP contribution in [0.4, 0.5) is 0 Å². The molecule has 19 heavy (non-hydrogen) atoms. The molecule has 0 heterocycles. The van der Waals surface area contributed by atoms with Crippen LogP contribution in [0.3, 0.4) is 0 Å². The van der Waals surface area contributed by atoms with Gasteiger partial charge in [0.05, 0.1) is 6.61 Å². The molecule has 0 aliphatic rings. The summed E-state index contributed by atoms with van der Waals surface area (Å²) in [6, 6.07) is 18.5. The second kappa shape index (κ2) is 5.67. The predicted molar refractivity (Wildman–Crippen MR) is 72.7 cm³/mol. The van der Waals surface area contributed by atoms with Crippen LogP contribution in [0.5, 0.6) is 0 Å². The highest BCUT2D eigenvalue weighted by atomic mass is 16.5. The van der Waals surface area contributed by atoms with E-state index in [1.54, 1.807) is 19.1 Å². The number of carbonyl (C=O) groups is 1.